The number of rotatable bonds is 5. The number of nitrogens with one attached hydrogen (secondary N) is 1. The number of carbonyl (C=O) groups excluding carboxylic acids is 2. The number of para-hydroxylation sites is 1. The molecule has 1 N–H and O–H groups in total. The molecule has 2 aromatic rings. The largest absolute Gasteiger partial charge is 0.375 e. The van der Waals surface area contributed by atoms with Crippen molar-refractivity contribution in [2.45, 2.75) is 25.0 Å². The number of imide groups is 1. The second-order valence-electron chi connectivity index (χ2n) is 8.77. The van der Waals surface area contributed by atoms with Gasteiger partial charge in [0.05, 0.1) is 29.4 Å². The van der Waals surface area contributed by atoms with Crippen LogP contribution in [0.15, 0.2) is 23.0 Å². The number of likely N-dealkylation sites (tertiary alicyclic amines) is 1. The average Bonchev–Trinajstić information content (AvgIpc) is 2.90. The van der Waals surface area contributed by atoms with Gasteiger partial charge in [0.1, 0.15) is 6.04 Å². The monoisotopic (exact) mass is 413 g/mol. The van der Waals surface area contributed by atoms with E-state index in [2.05, 4.69) is 22.2 Å². The standard InChI is InChI=1S/C21H27N5O4/c1-23-10-14(11-23)30-12-13-8-25(9-13)15-4-3-5-16-19(15)24(2)21(29)26(16)17-6-7-18(27)22-20(17)28/h3-5,13-14,17H,6-12H2,1-2H3,(H,22,27,28). The summed E-state index contributed by atoms with van der Waals surface area (Å²) in [6.45, 7) is 4.55. The number of ether oxygens (including phenoxy) is 1. The molecule has 1 unspecified atom stereocenters. The molecule has 1 atom stereocenters. The molecule has 3 fully saturated rings. The second-order valence-corrected chi connectivity index (χ2v) is 8.77. The van der Waals surface area contributed by atoms with Gasteiger partial charge in [-0.2, -0.15) is 0 Å². The summed E-state index contributed by atoms with van der Waals surface area (Å²) < 4.78 is 9.12. The molecule has 3 aliphatic heterocycles. The number of aromatic nitrogens is 2. The number of benzene rings is 1. The SMILES string of the molecule is CN1CC(OCC2CN(c3cccc4c3n(C)c(=O)n4C3CCC(=O)NC3=O)C2)C1. The van der Waals surface area contributed by atoms with Crippen LogP contribution in [-0.2, 0) is 21.4 Å². The molecule has 0 aliphatic carbocycles. The number of carbonyl (C=O) groups is 2. The summed E-state index contributed by atoms with van der Waals surface area (Å²) in [6, 6.07) is 5.16. The Labute approximate surface area is 174 Å². The van der Waals surface area contributed by atoms with Crippen LogP contribution in [0.5, 0.6) is 0 Å². The first kappa shape index (κ1) is 19.3. The van der Waals surface area contributed by atoms with Crippen molar-refractivity contribution >= 4 is 28.5 Å². The third-order valence-electron chi connectivity index (χ3n) is 6.50. The summed E-state index contributed by atoms with van der Waals surface area (Å²) in [5, 5.41) is 2.36. The molecule has 0 spiro atoms. The zero-order valence-corrected chi connectivity index (χ0v) is 17.3. The van der Waals surface area contributed by atoms with Crippen LogP contribution in [0.1, 0.15) is 18.9 Å². The Bertz CT molecular complexity index is 1060. The third-order valence-corrected chi connectivity index (χ3v) is 6.50. The van der Waals surface area contributed by atoms with E-state index in [0.717, 1.165) is 49.5 Å². The van der Waals surface area contributed by atoms with Crippen LogP contribution < -0.4 is 15.9 Å². The predicted octanol–water partition coefficient (Wildman–Crippen LogP) is 0.0845. The number of imidazole rings is 1. The van der Waals surface area contributed by atoms with Gasteiger partial charge in [0.15, 0.2) is 0 Å². The van der Waals surface area contributed by atoms with Crippen LogP contribution in [0.2, 0.25) is 0 Å². The maximum absolute atomic E-state index is 13.0. The molecule has 9 nitrogen and oxygen atoms in total. The minimum Gasteiger partial charge on any atom is -0.375 e. The fourth-order valence-electron chi connectivity index (χ4n) is 4.79. The molecule has 4 heterocycles. The molecule has 5 rings (SSSR count). The second kappa shape index (κ2) is 7.24. The van der Waals surface area contributed by atoms with Crippen LogP contribution in [-0.4, -0.2) is 71.8 Å². The number of hydrogen-bond donors (Lipinski definition) is 1. The number of piperidine rings is 1. The lowest BCUT2D eigenvalue weighted by Crippen LogP contribution is -2.53. The molecular weight excluding hydrogens is 386 g/mol. The molecule has 3 aliphatic rings. The molecule has 1 aromatic heterocycles. The molecule has 0 radical (unpaired) electrons. The molecule has 0 saturated carbocycles. The Balaban J connectivity index is 1.37. The molecule has 160 valence electrons. The third kappa shape index (κ3) is 3.13. The predicted molar refractivity (Wildman–Crippen MR) is 112 cm³/mol. The van der Waals surface area contributed by atoms with Crippen molar-refractivity contribution in [2.75, 3.05) is 44.7 Å². The summed E-state index contributed by atoms with van der Waals surface area (Å²) in [7, 11) is 3.83. The van der Waals surface area contributed by atoms with E-state index in [4.69, 9.17) is 4.74 Å². The minimum absolute atomic E-state index is 0.235. The Morgan fingerprint density at radius 1 is 1.10 bits per heavy atom. The quantitative estimate of drug-likeness (QED) is 0.699. The van der Waals surface area contributed by atoms with E-state index in [1.54, 1.807) is 11.6 Å². The van der Waals surface area contributed by atoms with E-state index in [0.29, 0.717) is 18.4 Å². The summed E-state index contributed by atoms with van der Waals surface area (Å²) >= 11 is 0. The summed E-state index contributed by atoms with van der Waals surface area (Å²) in [6.07, 6.45) is 0.938. The molecule has 2 amide bonds. The van der Waals surface area contributed by atoms with Crippen molar-refractivity contribution in [1.82, 2.24) is 19.4 Å². The number of anilines is 1. The first-order valence-electron chi connectivity index (χ1n) is 10.5. The zero-order valence-electron chi connectivity index (χ0n) is 17.3. The fraction of sp³-hybridized carbons (Fsp3) is 0.571. The van der Waals surface area contributed by atoms with Crippen molar-refractivity contribution in [3.05, 3.63) is 28.7 Å². The molecule has 30 heavy (non-hydrogen) atoms. The van der Waals surface area contributed by atoms with Gasteiger partial charge in [-0.25, -0.2) is 4.79 Å². The van der Waals surface area contributed by atoms with Gasteiger partial charge in [-0.1, -0.05) is 6.07 Å². The smallest absolute Gasteiger partial charge is 0.329 e. The van der Waals surface area contributed by atoms with Gasteiger partial charge in [-0.3, -0.25) is 24.0 Å². The van der Waals surface area contributed by atoms with Crippen LogP contribution in [0.3, 0.4) is 0 Å². The molecule has 3 saturated heterocycles. The van der Waals surface area contributed by atoms with Crippen molar-refractivity contribution in [3.8, 4) is 0 Å². The van der Waals surface area contributed by atoms with Crippen molar-refractivity contribution in [1.29, 1.82) is 0 Å². The number of fused-ring (bicyclic) bond motifs is 1. The maximum atomic E-state index is 13.0. The Hall–Kier alpha value is -2.65. The highest BCUT2D eigenvalue weighted by Crippen LogP contribution is 2.33. The van der Waals surface area contributed by atoms with Gasteiger partial charge in [0.25, 0.3) is 0 Å². The maximum Gasteiger partial charge on any atom is 0.329 e. The Morgan fingerprint density at radius 2 is 1.87 bits per heavy atom. The van der Waals surface area contributed by atoms with Gasteiger partial charge in [-0.15, -0.1) is 0 Å². The summed E-state index contributed by atoms with van der Waals surface area (Å²) in [5.74, 6) is -0.206. The van der Waals surface area contributed by atoms with Gasteiger partial charge in [0, 0.05) is 45.6 Å². The van der Waals surface area contributed by atoms with Crippen LogP contribution in [0, 0.1) is 5.92 Å². The minimum atomic E-state index is -0.660. The lowest BCUT2D eigenvalue weighted by molar-refractivity contribution is -0.135. The number of aryl methyl sites for hydroxylation is 1. The first-order chi connectivity index (χ1) is 14.4. The highest BCUT2D eigenvalue weighted by Gasteiger charge is 2.34. The number of amides is 2. The van der Waals surface area contributed by atoms with E-state index in [1.807, 2.05) is 18.2 Å². The first-order valence-corrected chi connectivity index (χ1v) is 10.5. The highest BCUT2D eigenvalue weighted by atomic mass is 16.5. The Morgan fingerprint density at radius 3 is 2.57 bits per heavy atom. The van der Waals surface area contributed by atoms with Gasteiger partial charge in [-0.05, 0) is 25.6 Å². The Kier molecular flexibility index (Phi) is 4.67. The van der Waals surface area contributed by atoms with Gasteiger partial charge in [0.2, 0.25) is 11.8 Å². The summed E-state index contributed by atoms with van der Waals surface area (Å²) in [4.78, 5) is 41.4. The van der Waals surface area contributed by atoms with E-state index in [-0.39, 0.29) is 18.0 Å². The van der Waals surface area contributed by atoms with Crippen molar-refractivity contribution in [3.63, 3.8) is 0 Å². The normalized spacial score (nSPS) is 23.5. The number of nitrogens with zero attached hydrogens (tertiary/aromatic N) is 4. The number of likely N-dealkylation sites (N-methyl/N-ethyl adjacent to an activating group) is 1. The van der Waals surface area contributed by atoms with Crippen molar-refractivity contribution < 1.29 is 14.3 Å². The fourth-order valence-corrected chi connectivity index (χ4v) is 4.79. The topological polar surface area (TPSA) is 88.8 Å². The number of hydrogen-bond acceptors (Lipinski definition) is 6. The molecular formula is C21H27N5O4. The van der Waals surface area contributed by atoms with E-state index < -0.39 is 11.9 Å². The molecule has 9 heteroatoms. The lowest BCUT2D eigenvalue weighted by atomic mass is 9.99. The molecule has 0 bridgehead atoms. The summed E-state index contributed by atoms with van der Waals surface area (Å²) in [5.41, 5.74) is 2.32. The van der Waals surface area contributed by atoms with E-state index in [1.165, 1.54) is 4.57 Å². The van der Waals surface area contributed by atoms with Crippen LogP contribution in [0.4, 0.5) is 5.69 Å². The van der Waals surface area contributed by atoms with Crippen LogP contribution >= 0.6 is 0 Å². The van der Waals surface area contributed by atoms with Crippen LogP contribution in [0.25, 0.3) is 11.0 Å². The zero-order chi connectivity index (χ0) is 21.0. The van der Waals surface area contributed by atoms with Crippen molar-refractivity contribution in [2.24, 2.45) is 13.0 Å². The van der Waals surface area contributed by atoms with Gasteiger partial charge >= 0.3 is 5.69 Å². The van der Waals surface area contributed by atoms with Gasteiger partial charge < -0.3 is 14.5 Å². The highest BCUT2D eigenvalue weighted by molar-refractivity contribution is 6.00. The molecule has 1 aromatic carbocycles. The lowest BCUT2D eigenvalue weighted by Gasteiger charge is -2.43. The van der Waals surface area contributed by atoms with E-state index in [9.17, 15) is 14.4 Å². The average molecular weight is 413 g/mol. The van der Waals surface area contributed by atoms with E-state index >= 15 is 0 Å².